The highest BCUT2D eigenvalue weighted by molar-refractivity contribution is 7.19. The van der Waals surface area contributed by atoms with Gasteiger partial charge in [-0.25, -0.2) is 5.43 Å². The highest BCUT2D eigenvalue weighted by Crippen LogP contribution is 2.47. The van der Waals surface area contributed by atoms with Gasteiger partial charge in [-0.2, -0.15) is 0 Å². The first-order chi connectivity index (χ1) is 14.3. The molecule has 7 heteroatoms. The van der Waals surface area contributed by atoms with Crippen LogP contribution >= 0.6 is 9.24 Å². The van der Waals surface area contributed by atoms with E-state index in [9.17, 15) is 0 Å². The van der Waals surface area contributed by atoms with E-state index in [0.717, 1.165) is 63.7 Å². The fourth-order valence-electron chi connectivity index (χ4n) is 5.95. The highest BCUT2D eigenvalue weighted by atomic mass is 31.0. The summed E-state index contributed by atoms with van der Waals surface area (Å²) in [6.07, 6.45) is 17.0. The predicted octanol–water partition coefficient (Wildman–Crippen LogP) is 4.02. The molecule has 176 valence electrons. The third-order valence-electron chi connectivity index (χ3n) is 8.04. The summed E-state index contributed by atoms with van der Waals surface area (Å²) in [7, 11) is 3.10. The van der Waals surface area contributed by atoms with Gasteiger partial charge >= 0.3 is 0 Å². The van der Waals surface area contributed by atoms with E-state index in [-0.39, 0.29) is 11.4 Å². The van der Waals surface area contributed by atoms with E-state index >= 15 is 0 Å². The Morgan fingerprint density at radius 2 is 1.47 bits per heavy atom. The lowest BCUT2D eigenvalue weighted by Crippen LogP contribution is -2.66. The van der Waals surface area contributed by atoms with Crippen LogP contribution < -0.4 is 22.7 Å². The Hall–Kier alpha value is 0.190. The monoisotopic (exact) mass is 442 g/mol. The van der Waals surface area contributed by atoms with Crippen molar-refractivity contribution in [1.82, 2.24) is 5.43 Å². The summed E-state index contributed by atoms with van der Waals surface area (Å²) < 4.78 is 13.6. The van der Waals surface area contributed by atoms with E-state index in [1.54, 1.807) is 0 Å². The maximum Gasteiger partial charge on any atom is 0.171 e. The maximum absolute atomic E-state index is 6.86. The number of fused-ring (bicyclic) bond motifs is 2. The van der Waals surface area contributed by atoms with Crippen LogP contribution in [0.25, 0.3) is 0 Å². The second-order valence-electron chi connectivity index (χ2n) is 10.5. The van der Waals surface area contributed by atoms with Crippen LogP contribution in [0.5, 0.6) is 0 Å². The average molecular weight is 443 g/mol. The normalized spacial score (nSPS) is 41.3. The van der Waals surface area contributed by atoms with Crippen molar-refractivity contribution in [3.63, 3.8) is 0 Å². The van der Waals surface area contributed by atoms with E-state index in [2.05, 4.69) is 21.6 Å². The first kappa shape index (κ1) is 24.8. The van der Waals surface area contributed by atoms with Crippen LogP contribution in [0.2, 0.25) is 0 Å². The number of ether oxygens (including phenoxy) is 2. The second-order valence-corrected chi connectivity index (χ2v) is 11.7. The van der Waals surface area contributed by atoms with Crippen LogP contribution in [-0.2, 0) is 9.47 Å². The largest absolute Gasteiger partial charge is 0.340 e. The molecule has 0 aromatic carbocycles. The van der Waals surface area contributed by atoms with E-state index in [1.165, 1.54) is 44.9 Å². The smallest absolute Gasteiger partial charge is 0.171 e. The molecule has 1 saturated carbocycles. The molecule has 2 saturated heterocycles. The number of hydrazine groups is 1. The van der Waals surface area contributed by atoms with E-state index < -0.39 is 17.6 Å². The molecule has 3 aliphatic rings. The fourth-order valence-corrected chi connectivity index (χ4v) is 6.43. The van der Waals surface area contributed by atoms with Crippen molar-refractivity contribution in [2.45, 2.75) is 139 Å². The molecule has 6 nitrogen and oxygen atoms in total. The first-order valence-electron chi connectivity index (χ1n) is 12.5. The molecule has 0 aromatic heterocycles. The topological polar surface area (TPSA) is 109 Å². The Morgan fingerprint density at radius 3 is 2.23 bits per heavy atom. The predicted molar refractivity (Wildman–Crippen MR) is 126 cm³/mol. The SMILES string of the molecule is CC1CCCCC(P)([C@@H](N)OC23CCCCCCC(C(N)NN)(CCC2)O3)CCC1. The van der Waals surface area contributed by atoms with E-state index in [4.69, 9.17) is 26.8 Å². The van der Waals surface area contributed by atoms with Gasteiger partial charge < -0.3 is 20.9 Å². The molecule has 2 aliphatic heterocycles. The lowest BCUT2D eigenvalue weighted by Gasteiger charge is -2.52. The Kier molecular flexibility index (Phi) is 9.00. The zero-order valence-electron chi connectivity index (χ0n) is 19.2. The molecule has 6 unspecified atom stereocenters. The minimum absolute atomic E-state index is 0.0884. The van der Waals surface area contributed by atoms with Gasteiger partial charge in [0, 0.05) is 18.0 Å². The Bertz CT molecular complexity index is 541. The van der Waals surface area contributed by atoms with Crippen LogP contribution in [0, 0.1) is 5.92 Å². The van der Waals surface area contributed by atoms with Crippen molar-refractivity contribution in [3.8, 4) is 0 Å². The summed E-state index contributed by atoms with van der Waals surface area (Å²) >= 11 is 0. The van der Waals surface area contributed by atoms with Crippen molar-refractivity contribution in [3.05, 3.63) is 0 Å². The average Bonchev–Trinajstić information content (AvgIpc) is 2.84. The molecule has 7 N–H and O–H groups in total. The molecule has 0 amide bonds. The Balaban J connectivity index is 1.78. The van der Waals surface area contributed by atoms with Crippen molar-refractivity contribution in [1.29, 1.82) is 0 Å². The molecule has 2 heterocycles. The summed E-state index contributed by atoms with van der Waals surface area (Å²) in [5, 5.41) is -0.0884. The fraction of sp³-hybridized carbons (Fsp3) is 1.00. The zero-order chi connectivity index (χ0) is 21.7. The lowest BCUT2D eigenvalue weighted by molar-refractivity contribution is -0.338. The maximum atomic E-state index is 6.86. The minimum Gasteiger partial charge on any atom is -0.340 e. The molecular formula is C23H47N4O2P. The summed E-state index contributed by atoms with van der Waals surface area (Å²) in [5.41, 5.74) is 15.6. The van der Waals surface area contributed by atoms with Gasteiger partial charge in [-0.15, -0.1) is 9.24 Å². The van der Waals surface area contributed by atoms with Gasteiger partial charge in [0.1, 0.15) is 11.8 Å². The highest BCUT2D eigenvalue weighted by Gasteiger charge is 2.51. The van der Waals surface area contributed by atoms with Crippen molar-refractivity contribution in [2.75, 3.05) is 0 Å². The quantitative estimate of drug-likeness (QED) is 0.222. The summed E-state index contributed by atoms with van der Waals surface area (Å²) in [6, 6.07) is 0. The molecule has 7 atom stereocenters. The summed E-state index contributed by atoms with van der Waals surface area (Å²) in [5.74, 6) is 5.95. The van der Waals surface area contributed by atoms with Crippen molar-refractivity contribution in [2.24, 2.45) is 23.2 Å². The third kappa shape index (κ3) is 5.95. The molecule has 0 radical (unpaired) electrons. The molecule has 3 fully saturated rings. The van der Waals surface area contributed by atoms with E-state index in [1.807, 2.05) is 0 Å². The van der Waals surface area contributed by atoms with Gasteiger partial charge in [0.05, 0.1) is 6.17 Å². The third-order valence-corrected chi connectivity index (χ3v) is 8.94. The number of nitrogens with one attached hydrogen (secondary N) is 1. The standard InChI is InChI=1S/C23H47N4O2P/c1-18-10-4-7-14-22(30,15-8-11-18)20(25)28-23-16-6-3-2-5-12-21(29-23,13-9-17-23)19(24)27-26/h18-20,27H,2-17,24-26,30H2,1H3/t18?,19?,20-,21?,22?,23?/m0/s1. The molecule has 2 bridgehead atoms. The zero-order valence-corrected chi connectivity index (χ0v) is 20.3. The number of hydrogen-bond donors (Lipinski definition) is 4. The van der Waals surface area contributed by atoms with Gasteiger partial charge in [-0.1, -0.05) is 58.3 Å². The van der Waals surface area contributed by atoms with Gasteiger partial charge in [0.25, 0.3) is 0 Å². The Morgan fingerprint density at radius 1 is 0.867 bits per heavy atom. The van der Waals surface area contributed by atoms with Crippen molar-refractivity contribution >= 4 is 9.24 Å². The van der Waals surface area contributed by atoms with Crippen molar-refractivity contribution < 1.29 is 9.47 Å². The lowest BCUT2D eigenvalue weighted by atomic mass is 9.83. The molecule has 30 heavy (non-hydrogen) atoms. The van der Waals surface area contributed by atoms with Gasteiger partial charge in [-0.05, 0) is 44.4 Å². The van der Waals surface area contributed by atoms with Crippen LogP contribution in [0.3, 0.4) is 0 Å². The van der Waals surface area contributed by atoms with Crippen LogP contribution in [-0.4, -0.2) is 28.9 Å². The van der Waals surface area contributed by atoms with Gasteiger partial charge in [0.15, 0.2) is 5.79 Å². The number of nitrogens with two attached hydrogens (primary N) is 3. The molecular weight excluding hydrogens is 395 g/mol. The second kappa shape index (κ2) is 10.9. The van der Waals surface area contributed by atoms with Crippen LogP contribution in [0.4, 0.5) is 0 Å². The molecule has 1 aliphatic carbocycles. The van der Waals surface area contributed by atoms with E-state index in [0.29, 0.717) is 0 Å². The molecule has 0 aromatic rings. The number of rotatable bonds is 5. The number of hydrogen-bond acceptors (Lipinski definition) is 6. The summed E-state index contributed by atoms with van der Waals surface area (Å²) in [4.78, 5) is 0. The molecule has 0 spiro atoms. The Labute approximate surface area is 186 Å². The minimum atomic E-state index is -0.647. The van der Waals surface area contributed by atoms with Crippen LogP contribution in [0.15, 0.2) is 0 Å². The van der Waals surface area contributed by atoms with Gasteiger partial charge in [-0.3, -0.25) is 5.84 Å². The van der Waals surface area contributed by atoms with Crippen LogP contribution in [0.1, 0.15) is 110 Å². The first-order valence-corrected chi connectivity index (χ1v) is 13.1. The summed E-state index contributed by atoms with van der Waals surface area (Å²) in [6.45, 7) is 2.38. The molecule has 3 rings (SSSR count). The van der Waals surface area contributed by atoms with Gasteiger partial charge in [0.2, 0.25) is 0 Å².